The van der Waals surface area contributed by atoms with Gasteiger partial charge in [-0.2, -0.15) is 5.10 Å². The van der Waals surface area contributed by atoms with E-state index in [4.69, 9.17) is 14.6 Å². The fraction of sp³-hybridized carbons (Fsp3) is 0.353. The molecule has 1 aliphatic heterocycles. The first-order valence-corrected chi connectivity index (χ1v) is 8.01. The van der Waals surface area contributed by atoms with Gasteiger partial charge in [0.05, 0.1) is 31.6 Å². The van der Waals surface area contributed by atoms with Crippen LogP contribution in [0, 0.1) is 0 Å². The van der Waals surface area contributed by atoms with Crippen molar-refractivity contribution in [2.45, 2.75) is 13.0 Å². The van der Waals surface area contributed by atoms with Crippen molar-refractivity contribution in [1.82, 2.24) is 14.7 Å². The third-order valence-electron chi connectivity index (χ3n) is 3.83. The molecule has 1 atom stereocenters. The molecule has 1 saturated heterocycles. The third kappa shape index (κ3) is 3.63. The summed E-state index contributed by atoms with van der Waals surface area (Å²) in [4.78, 5) is 25.4. The maximum Gasteiger partial charge on any atom is 0.334 e. The summed E-state index contributed by atoms with van der Waals surface area (Å²) in [6, 6.07) is 9.37. The van der Waals surface area contributed by atoms with Gasteiger partial charge in [-0.05, 0) is 19.1 Å². The number of aliphatic carboxylic acids is 1. The number of carbonyl (C=O) groups excluding carboxylic acids is 1. The van der Waals surface area contributed by atoms with Crippen LogP contribution >= 0.6 is 0 Å². The van der Waals surface area contributed by atoms with Crippen LogP contribution in [0.5, 0.6) is 5.75 Å². The number of benzene rings is 1. The normalized spacial score (nSPS) is 17.3. The highest BCUT2D eigenvalue weighted by Gasteiger charge is 2.32. The maximum absolute atomic E-state index is 12.8. The molecule has 1 N–H and O–H groups in total. The number of rotatable bonds is 5. The highest BCUT2D eigenvalue weighted by atomic mass is 16.5. The topological polar surface area (TPSA) is 93.9 Å². The molecule has 3 rings (SSSR count). The number of hydrogen-bond acceptors (Lipinski definition) is 5. The predicted octanol–water partition coefficient (Wildman–Crippen LogP) is 1.20. The lowest BCUT2D eigenvalue weighted by Crippen LogP contribution is -2.48. The lowest BCUT2D eigenvalue weighted by molar-refractivity contribution is -0.154. The van der Waals surface area contributed by atoms with E-state index in [1.54, 1.807) is 10.9 Å². The van der Waals surface area contributed by atoms with Gasteiger partial charge in [0, 0.05) is 6.54 Å². The first kappa shape index (κ1) is 17.0. The summed E-state index contributed by atoms with van der Waals surface area (Å²) in [5.41, 5.74) is 0.963. The molecular formula is C17H19N3O5. The Bertz CT molecular complexity index is 759. The molecule has 0 unspecified atom stereocenters. The van der Waals surface area contributed by atoms with Crippen LogP contribution in [0.25, 0.3) is 5.69 Å². The van der Waals surface area contributed by atoms with E-state index in [9.17, 15) is 9.59 Å². The second kappa shape index (κ2) is 7.35. The van der Waals surface area contributed by atoms with Crippen molar-refractivity contribution in [1.29, 1.82) is 0 Å². The number of para-hydroxylation sites is 1. The Balaban J connectivity index is 1.88. The predicted molar refractivity (Wildman–Crippen MR) is 88.0 cm³/mol. The number of morpholine rings is 1. The largest absolute Gasteiger partial charge is 0.490 e. The Morgan fingerprint density at radius 2 is 2.12 bits per heavy atom. The molecule has 132 valence electrons. The van der Waals surface area contributed by atoms with Crippen LogP contribution < -0.4 is 4.74 Å². The molecule has 2 heterocycles. The van der Waals surface area contributed by atoms with Crippen molar-refractivity contribution < 1.29 is 24.2 Å². The van der Waals surface area contributed by atoms with E-state index in [-0.39, 0.29) is 24.8 Å². The smallest absolute Gasteiger partial charge is 0.334 e. The molecule has 1 fully saturated rings. The molecule has 2 aromatic rings. The molecular weight excluding hydrogens is 326 g/mol. The summed E-state index contributed by atoms with van der Waals surface area (Å²) in [6.07, 6.45) is 0.630. The molecule has 25 heavy (non-hydrogen) atoms. The van der Waals surface area contributed by atoms with Crippen molar-refractivity contribution in [2.24, 2.45) is 0 Å². The fourth-order valence-electron chi connectivity index (χ4n) is 2.61. The first-order valence-electron chi connectivity index (χ1n) is 8.01. The van der Waals surface area contributed by atoms with Gasteiger partial charge >= 0.3 is 5.97 Å². The molecule has 0 aliphatic carbocycles. The van der Waals surface area contributed by atoms with Crippen LogP contribution in [0.1, 0.15) is 17.4 Å². The van der Waals surface area contributed by atoms with Crippen LogP contribution in [-0.4, -0.2) is 64.1 Å². The minimum Gasteiger partial charge on any atom is -0.490 e. The van der Waals surface area contributed by atoms with Crippen LogP contribution in [0.4, 0.5) is 0 Å². The number of ether oxygens (including phenoxy) is 2. The first-order chi connectivity index (χ1) is 12.1. The Morgan fingerprint density at radius 3 is 2.80 bits per heavy atom. The minimum atomic E-state index is -1.09. The summed E-state index contributed by atoms with van der Waals surface area (Å²) in [7, 11) is 0. The standard InChI is InChI=1S/C17H19N3O5/c1-2-24-13-11-20(12-6-4-3-5-7-12)18-15(13)16(21)19-8-9-25-14(10-19)17(22)23/h3-7,11,14H,2,8-10H2,1H3,(H,22,23)/t14-/m1/s1. The van der Waals surface area contributed by atoms with Gasteiger partial charge in [-0.1, -0.05) is 18.2 Å². The molecule has 0 saturated carbocycles. The third-order valence-corrected chi connectivity index (χ3v) is 3.83. The summed E-state index contributed by atoms with van der Waals surface area (Å²) >= 11 is 0. The van der Waals surface area contributed by atoms with Crippen molar-refractivity contribution in [3.8, 4) is 11.4 Å². The molecule has 0 bridgehead atoms. The number of carboxylic acid groups (broad SMARTS) is 1. The maximum atomic E-state index is 12.8. The average Bonchev–Trinajstić information content (AvgIpc) is 3.06. The van der Waals surface area contributed by atoms with Gasteiger partial charge in [-0.3, -0.25) is 4.79 Å². The van der Waals surface area contributed by atoms with Crippen molar-refractivity contribution in [3.63, 3.8) is 0 Å². The molecule has 1 aliphatic rings. The number of carboxylic acids is 1. The van der Waals surface area contributed by atoms with E-state index < -0.39 is 12.1 Å². The van der Waals surface area contributed by atoms with E-state index >= 15 is 0 Å². The van der Waals surface area contributed by atoms with E-state index in [1.165, 1.54) is 4.90 Å². The number of nitrogens with zero attached hydrogens (tertiary/aromatic N) is 3. The molecule has 1 aromatic heterocycles. The Hall–Kier alpha value is -2.87. The zero-order valence-electron chi connectivity index (χ0n) is 13.8. The summed E-state index contributed by atoms with van der Waals surface area (Å²) in [5.74, 6) is -1.08. The van der Waals surface area contributed by atoms with Crippen LogP contribution in [0.15, 0.2) is 36.5 Å². The molecule has 8 heteroatoms. The van der Waals surface area contributed by atoms with Gasteiger partial charge in [0.25, 0.3) is 5.91 Å². The van der Waals surface area contributed by atoms with E-state index in [0.29, 0.717) is 18.9 Å². The highest BCUT2D eigenvalue weighted by molar-refractivity contribution is 5.95. The monoisotopic (exact) mass is 345 g/mol. The lowest BCUT2D eigenvalue weighted by atomic mass is 10.2. The van der Waals surface area contributed by atoms with Crippen LogP contribution in [0.3, 0.4) is 0 Å². The van der Waals surface area contributed by atoms with Crippen LogP contribution in [0.2, 0.25) is 0 Å². The summed E-state index contributed by atoms with van der Waals surface area (Å²) < 4.78 is 12.3. The van der Waals surface area contributed by atoms with Crippen molar-refractivity contribution in [3.05, 3.63) is 42.2 Å². The summed E-state index contributed by atoms with van der Waals surface area (Å²) in [6.45, 7) is 2.68. The highest BCUT2D eigenvalue weighted by Crippen LogP contribution is 2.22. The van der Waals surface area contributed by atoms with Gasteiger partial charge in [-0.15, -0.1) is 0 Å². The van der Waals surface area contributed by atoms with Gasteiger partial charge in [-0.25, -0.2) is 9.48 Å². The van der Waals surface area contributed by atoms with E-state index in [2.05, 4.69) is 5.10 Å². The quantitative estimate of drug-likeness (QED) is 0.875. The fourth-order valence-corrected chi connectivity index (χ4v) is 2.61. The Kier molecular flexibility index (Phi) is 4.99. The SMILES string of the molecule is CCOc1cn(-c2ccccc2)nc1C(=O)N1CCO[C@@H](C(=O)O)C1. The lowest BCUT2D eigenvalue weighted by Gasteiger charge is -2.30. The van der Waals surface area contributed by atoms with E-state index in [1.807, 2.05) is 37.3 Å². The van der Waals surface area contributed by atoms with Gasteiger partial charge < -0.3 is 19.5 Å². The molecule has 8 nitrogen and oxygen atoms in total. The van der Waals surface area contributed by atoms with E-state index in [0.717, 1.165) is 5.69 Å². The average molecular weight is 345 g/mol. The Morgan fingerprint density at radius 1 is 1.36 bits per heavy atom. The number of amides is 1. The number of carbonyl (C=O) groups is 2. The molecule has 0 radical (unpaired) electrons. The molecule has 0 spiro atoms. The van der Waals surface area contributed by atoms with Gasteiger partial charge in [0.1, 0.15) is 0 Å². The van der Waals surface area contributed by atoms with Gasteiger partial charge in [0.15, 0.2) is 17.5 Å². The zero-order chi connectivity index (χ0) is 17.8. The minimum absolute atomic E-state index is 0.0159. The Labute approximate surface area is 144 Å². The second-order valence-corrected chi connectivity index (χ2v) is 5.50. The second-order valence-electron chi connectivity index (χ2n) is 5.50. The molecule has 1 amide bonds. The summed E-state index contributed by atoms with van der Waals surface area (Å²) in [5, 5.41) is 13.4. The zero-order valence-corrected chi connectivity index (χ0v) is 13.8. The number of aromatic nitrogens is 2. The van der Waals surface area contributed by atoms with Crippen molar-refractivity contribution in [2.75, 3.05) is 26.3 Å². The van der Waals surface area contributed by atoms with Crippen LogP contribution in [-0.2, 0) is 9.53 Å². The number of hydrogen-bond donors (Lipinski definition) is 1. The molecule has 1 aromatic carbocycles. The van der Waals surface area contributed by atoms with Gasteiger partial charge in [0.2, 0.25) is 0 Å². The van der Waals surface area contributed by atoms with Crippen molar-refractivity contribution >= 4 is 11.9 Å².